The number of urea groups is 1. The molecule has 0 saturated carbocycles. The summed E-state index contributed by atoms with van der Waals surface area (Å²) in [5.74, 6) is 0.507. The lowest BCUT2D eigenvalue weighted by molar-refractivity contribution is 0.237. The van der Waals surface area contributed by atoms with Crippen LogP contribution in [0.15, 0.2) is 24.3 Å². The third-order valence-electron chi connectivity index (χ3n) is 3.77. The Balaban J connectivity index is 2.39. The second kappa shape index (κ2) is 8.53. The summed E-state index contributed by atoms with van der Waals surface area (Å²) in [5.41, 5.74) is 2.01. The highest BCUT2D eigenvalue weighted by atomic mass is 32.1. The van der Waals surface area contributed by atoms with Crippen molar-refractivity contribution in [3.05, 3.63) is 46.1 Å². The molecule has 27 heavy (non-hydrogen) atoms. The normalized spacial score (nSPS) is 11.3. The average Bonchev–Trinajstić information content (AvgIpc) is 2.90. The van der Waals surface area contributed by atoms with Crippen LogP contribution in [0.25, 0.3) is 0 Å². The molecule has 2 aromatic rings. The second-order valence-corrected chi connectivity index (χ2v) is 9.24. The van der Waals surface area contributed by atoms with Gasteiger partial charge in [0, 0.05) is 12.0 Å². The smallest absolute Gasteiger partial charge is 0.323 e. The maximum Gasteiger partial charge on any atom is 0.323 e. The van der Waals surface area contributed by atoms with Gasteiger partial charge >= 0.3 is 6.03 Å². The van der Waals surface area contributed by atoms with E-state index in [0.717, 1.165) is 27.7 Å². The number of amides is 2. The molecule has 0 aliphatic heterocycles. The van der Waals surface area contributed by atoms with Gasteiger partial charge in [0.25, 0.3) is 0 Å². The standard InChI is InChI=1S/C21H28N4OS/c1-14(2)10-18-23-15(3)19(27-18)25(20(26)24-21(4,5)6)13-17-9-7-8-16(11-17)12-22/h7-9,11,14H,10,13H2,1-6H3,(H,24,26). The molecule has 0 aliphatic rings. The van der Waals surface area contributed by atoms with Crippen molar-refractivity contribution < 1.29 is 4.79 Å². The van der Waals surface area contributed by atoms with Crippen LogP contribution in [0.3, 0.4) is 0 Å². The number of aromatic nitrogens is 1. The fourth-order valence-corrected chi connectivity index (χ4v) is 3.95. The quantitative estimate of drug-likeness (QED) is 0.785. The predicted molar refractivity (Wildman–Crippen MR) is 111 cm³/mol. The van der Waals surface area contributed by atoms with Gasteiger partial charge in [0.15, 0.2) is 0 Å². The summed E-state index contributed by atoms with van der Waals surface area (Å²) in [6, 6.07) is 9.36. The van der Waals surface area contributed by atoms with Gasteiger partial charge in [-0.05, 0) is 51.3 Å². The molecule has 0 aliphatic carbocycles. The Kier molecular flexibility index (Phi) is 6.61. The minimum absolute atomic E-state index is 0.160. The highest BCUT2D eigenvalue weighted by Crippen LogP contribution is 2.31. The summed E-state index contributed by atoms with van der Waals surface area (Å²) >= 11 is 1.57. The molecular formula is C21H28N4OS. The molecule has 2 amide bonds. The van der Waals surface area contributed by atoms with E-state index in [1.54, 1.807) is 22.3 Å². The first-order valence-corrected chi connectivity index (χ1v) is 9.95. The number of nitriles is 1. The lowest BCUT2D eigenvalue weighted by Gasteiger charge is -2.28. The number of carbonyl (C=O) groups excluding carboxylic acids is 1. The first-order valence-electron chi connectivity index (χ1n) is 9.14. The molecule has 1 aromatic heterocycles. The molecule has 2 rings (SSSR count). The Morgan fingerprint density at radius 2 is 2.07 bits per heavy atom. The van der Waals surface area contributed by atoms with Crippen molar-refractivity contribution >= 4 is 22.4 Å². The van der Waals surface area contributed by atoms with Crippen LogP contribution in [-0.2, 0) is 13.0 Å². The Bertz CT molecular complexity index is 843. The molecule has 5 nitrogen and oxygen atoms in total. The first kappa shape index (κ1) is 20.9. The SMILES string of the molecule is Cc1nc(CC(C)C)sc1N(Cc1cccc(C#N)c1)C(=O)NC(C)(C)C. The number of hydrogen-bond donors (Lipinski definition) is 1. The van der Waals surface area contributed by atoms with Crippen LogP contribution >= 0.6 is 11.3 Å². The van der Waals surface area contributed by atoms with Crippen LogP contribution in [0, 0.1) is 24.2 Å². The molecule has 0 atom stereocenters. The third-order valence-corrected chi connectivity index (χ3v) is 4.97. The van der Waals surface area contributed by atoms with Gasteiger partial charge in [0.1, 0.15) is 5.00 Å². The number of aryl methyl sites for hydroxylation is 1. The highest BCUT2D eigenvalue weighted by Gasteiger charge is 2.25. The van der Waals surface area contributed by atoms with E-state index in [9.17, 15) is 4.79 Å². The fourth-order valence-electron chi connectivity index (χ4n) is 2.68. The third kappa shape index (κ3) is 6.07. The molecule has 0 unspecified atom stereocenters. The summed E-state index contributed by atoms with van der Waals surface area (Å²) in [6.07, 6.45) is 0.893. The zero-order valence-electron chi connectivity index (χ0n) is 17.0. The molecule has 0 saturated heterocycles. The van der Waals surface area contributed by atoms with Gasteiger partial charge in [-0.25, -0.2) is 9.78 Å². The summed E-state index contributed by atoms with van der Waals surface area (Å²) in [6.45, 7) is 12.5. The Hall–Kier alpha value is -2.39. The number of carbonyl (C=O) groups is 1. The molecule has 0 spiro atoms. The topological polar surface area (TPSA) is 69.0 Å². The largest absolute Gasteiger partial charge is 0.333 e. The maximum atomic E-state index is 13.0. The molecule has 144 valence electrons. The Labute approximate surface area is 166 Å². The number of nitrogens with zero attached hydrogens (tertiary/aromatic N) is 3. The lowest BCUT2D eigenvalue weighted by atomic mass is 10.1. The first-order chi connectivity index (χ1) is 12.6. The van der Waals surface area contributed by atoms with Crippen LogP contribution < -0.4 is 10.2 Å². The van der Waals surface area contributed by atoms with Crippen LogP contribution in [-0.4, -0.2) is 16.6 Å². The Morgan fingerprint density at radius 3 is 2.67 bits per heavy atom. The maximum absolute atomic E-state index is 13.0. The van der Waals surface area contributed by atoms with Gasteiger partial charge in [-0.15, -0.1) is 11.3 Å². The zero-order chi connectivity index (χ0) is 20.2. The minimum atomic E-state index is -0.344. The van der Waals surface area contributed by atoms with Gasteiger partial charge < -0.3 is 5.32 Å². The van der Waals surface area contributed by atoms with Crippen LogP contribution in [0.2, 0.25) is 0 Å². The summed E-state index contributed by atoms with van der Waals surface area (Å²) in [5, 5.41) is 14.1. The zero-order valence-corrected chi connectivity index (χ0v) is 17.8. The van der Waals surface area contributed by atoms with Gasteiger partial charge in [-0.1, -0.05) is 26.0 Å². The van der Waals surface area contributed by atoms with Crippen molar-refractivity contribution in [2.45, 2.75) is 60.0 Å². The number of thiazole rings is 1. The number of benzene rings is 1. The molecule has 1 aromatic carbocycles. The van der Waals surface area contributed by atoms with Crippen LogP contribution in [0.4, 0.5) is 9.80 Å². The van der Waals surface area contributed by atoms with E-state index in [4.69, 9.17) is 5.26 Å². The monoisotopic (exact) mass is 384 g/mol. The second-order valence-electron chi connectivity index (χ2n) is 8.17. The van der Waals surface area contributed by atoms with Crippen LogP contribution in [0.5, 0.6) is 0 Å². The van der Waals surface area contributed by atoms with E-state index in [1.807, 2.05) is 45.9 Å². The minimum Gasteiger partial charge on any atom is -0.333 e. The van der Waals surface area contributed by atoms with Gasteiger partial charge in [0.05, 0.1) is 28.9 Å². The molecule has 1 N–H and O–H groups in total. The molecule has 6 heteroatoms. The summed E-state index contributed by atoms with van der Waals surface area (Å²) in [4.78, 5) is 19.4. The predicted octanol–water partition coefficient (Wildman–Crippen LogP) is 5.04. The average molecular weight is 385 g/mol. The highest BCUT2D eigenvalue weighted by molar-refractivity contribution is 7.16. The van der Waals surface area contributed by atoms with Crippen molar-refractivity contribution in [2.75, 3.05) is 4.90 Å². The van der Waals surface area contributed by atoms with E-state index < -0.39 is 0 Å². The molecular weight excluding hydrogens is 356 g/mol. The summed E-state index contributed by atoms with van der Waals surface area (Å²) < 4.78 is 0. The number of nitrogens with one attached hydrogen (secondary N) is 1. The van der Waals surface area contributed by atoms with Crippen molar-refractivity contribution in [1.82, 2.24) is 10.3 Å². The lowest BCUT2D eigenvalue weighted by Crippen LogP contribution is -2.48. The van der Waals surface area contributed by atoms with Crippen molar-refractivity contribution in [1.29, 1.82) is 5.26 Å². The van der Waals surface area contributed by atoms with Crippen LogP contribution in [0.1, 0.15) is 56.4 Å². The van der Waals surface area contributed by atoms with Gasteiger partial charge in [0.2, 0.25) is 0 Å². The molecule has 0 bridgehead atoms. The van der Waals surface area contributed by atoms with Crippen molar-refractivity contribution in [2.24, 2.45) is 5.92 Å². The number of rotatable bonds is 5. The number of hydrogen-bond acceptors (Lipinski definition) is 4. The van der Waals surface area contributed by atoms with Gasteiger partial charge in [-0.3, -0.25) is 4.90 Å². The van der Waals surface area contributed by atoms with E-state index in [2.05, 4.69) is 30.2 Å². The number of anilines is 1. The Morgan fingerprint density at radius 1 is 1.37 bits per heavy atom. The van der Waals surface area contributed by atoms with E-state index in [1.165, 1.54) is 0 Å². The molecule has 0 fully saturated rings. The molecule has 1 heterocycles. The van der Waals surface area contributed by atoms with E-state index in [0.29, 0.717) is 18.0 Å². The van der Waals surface area contributed by atoms with E-state index >= 15 is 0 Å². The van der Waals surface area contributed by atoms with E-state index in [-0.39, 0.29) is 11.6 Å². The van der Waals surface area contributed by atoms with Crippen molar-refractivity contribution in [3.8, 4) is 6.07 Å². The fraction of sp³-hybridized carbons (Fsp3) is 0.476. The van der Waals surface area contributed by atoms with Crippen molar-refractivity contribution in [3.63, 3.8) is 0 Å². The molecule has 0 radical (unpaired) electrons. The van der Waals surface area contributed by atoms with Gasteiger partial charge in [-0.2, -0.15) is 5.26 Å². The summed E-state index contributed by atoms with van der Waals surface area (Å²) in [7, 11) is 0.